The molecule has 0 saturated heterocycles. The largest absolute Gasteiger partial charge is 0.273 e. The van der Waals surface area contributed by atoms with Crippen LogP contribution in [-0.2, 0) is 18.3 Å². The predicted molar refractivity (Wildman–Crippen MR) is 107 cm³/mol. The number of hydrogen-bond donors (Lipinski definition) is 12. The average Bonchev–Trinajstić information content (AvgIpc) is 2.25. The molecule has 0 aliphatic heterocycles. The van der Waals surface area contributed by atoms with Crippen molar-refractivity contribution < 1.29 is 18.3 Å². The van der Waals surface area contributed by atoms with Crippen LogP contribution in [0.3, 0.4) is 0 Å². The van der Waals surface area contributed by atoms with Gasteiger partial charge in [-0.3, -0.25) is 73.3 Å². The Morgan fingerprint density at radius 2 is 0.654 bits per heavy atom. The first-order chi connectivity index (χ1) is 11.2. The summed E-state index contributed by atoms with van der Waals surface area (Å²) in [6.07, 6.45) is 3.55. The van der Waals surface area contributed by atoms with Crippen LogP contribution in [0.15, 0.2) is 0 Å². The van der Waals surface area contributed by atoms with Gasteiger partial charge >= 0.3 is 0 Å². The van der Waals surface area contributed by atoms with Gasteiger partial charge < -0.3 is 0 Å². The highest BCUT2D eigenvalue weighted by Crippen LogP contribution is 2.18. The smallest absolute Gasteiger partial charge is 0.272 e. The van der Waals surface area contributed by atoms with Crippen molar-refractivity contribution >= 4 is 30.4 Å². The van der Waals surface area contributed by atoms with Gasteiger partial charge in [-0.15, -0.1) is 0 Å². The number of hydrogen-bond acceptors (Lipinski definition) is 4. The van der Waals surface area contributed by atoms with Gasteiger partial charge in [-0.25, -0.2) is 10.2 Å². The van der Waals surface area contributed by atoms with Crippen LogP contribution < -0.4 is 65.2 Å². The van der Waals surface area contributed by atoms with Crippen molar-refractivity contribution in [2.24, 2.45) is 55.0 Å². The van der Waals surface area contributed by atoms with E-state index in [1.54, 1.807) is 0 Å². The van der Waals surface area contributed by atoms with Gasteiger partial charge in [0.2, 0.25) is 0 Å². The van der Waals surface area contributed by atoms with Gasteiger partial charge in [-0.2, -0.15) is 0 Å². The van der Waals surface area contributed by atoms with E-state index in [0.717, 1.165) is 25.7 Å². The van der Waals surface area contributed by atoms with Crippen LogP contribution in [0, 0.1) is 0 Å². The summed E-state index contributed by atoms with van der Waals surface area (Å²) in [6.45, 7) is 1.06. The third-order valence-electron chi connectivity index (χ3n) is 1.82. The maximum absolute atomic E-state index is 10.8. The van der Waals surface area contributed by atoms with Crippen molar-refractivity contribution in [2.45, 2.75) is 25.7 Å². The summed E-state index contributed by atoms with van der Waals surface area (Å²) >= 11 is 0. The van der Waals surface area contributed by atoms with E-state index in [1.807, 2.05) is 0 Å². The topological polar surface area (TPSA) is 353 Å². The van der Waals surface area contributed by atoms with Crippen LogP contribution in [0.2, 0.25) is 0 Å². The van der Waals surface area contributed by atoms with Gasteiger partial charge in [0, 0.05) is 13.1 Å². The molecule has 0 radical (unpaired) electrons. The Morgan fingerprint density at radius 1 is 0.462 bits per heavy atom. The van der Waals surface area contributed by atoms with Crippen LogP contribution in [0.4, 0.5) is 0 Å². The second-order valence-electron chi connectivity index (χ2n) is 5.18. The predicted octanol–water partition coefficient (Wildman–Crippen LogP) is -2.28. The molecule has 0 bridgehead atoms. The lowest BCUT2D eigenvalue weighted by Gasteiger charge is -2.09. The number of nitrogens with one attached hydrogen (secondary N) is 2. The first-order valence-electron chi connectivity index (χ1n) is 6.97. The molecule has 0 heterocycles. The van der Waals surface area contributed by atoms with Crippen molar-refractivity contribution in [1.82, 2.24) is 10.2 Å². The highest BCUT2D eigenvalue weighted by Gasteiger charge is 2.06. The molecule has 0 rings (SSSR count). The zero-order chi connectivity index (χ0) is 21.7. The lowest BCUT2D eigenvalue weighted by Crippen LogP contribution is -2.23. The molecule has 0 aliphatic carbocycles. The second-order valence-corrected chi connectivity index (χ2v) is 11.7. The molecule has 0 aromatic rings. The molecule has 162 valence electrons. The number of rotatable bonds is 9. The molecule has 0 aliphatic rings. The minimum atomic E-state index is -3.14. The SMILES string of the molecule is NP(N)(=O)NCCCCCCNP(N)(N)=O.NP(N)(N)=O.NP(N)(N)=O. The van der Waals surface area contributed by atoms with E-state index in [2.05, 4.69) is 43.2 Å². The first kappa shape index (κ1) is 31.1. The van der Waals surface area contributed by atoms with E-state index in [4.69, 9.17) is 22.0 Å². The fourth-order valence-electron chi connectivity index (χ4n) is 1.11. The summed E-state index contributed by atoms with van der Waals surface area (Å²) in [5.41, 5.74) is 47.2. The molecule has 0 aromatic carbocycles. The maximum atomic E-state index is 10.8. The van der Waals surface area contributed by atoms with Crippen LogP contribution in [-0.4, -0.2) is 13.1 Å². The van der Waals surface area contributed by atoms with Crippen molar-refractivity contribution in [3.05, 3.63) is 0 Å². The molecule has 0 fully saturated rings. The molecule has 26 heavy (non-hydrogen) atoms. The third-order valence-corrected chi connectivity index (χ3v) is 3.26. The molecule has 0 spiro atoms. The van der Waals surface area contributed by atoms with Crippen LogP contribution in [0.25, 0.3) is 0 Å². The standard InChI is InChI=1S/C6H22N6O2P2.2H6N3OP/c7-15(8,13)11-5-3-1-2-4-6-12-16(9,10)14;2*1-5(2,3)4/h1-6H2,(H5,7,8,11,13)(H5,9,10,12,14);2*(H6,1,2,3,4). The lowest BCUT2D eigenvalue weighted by molar-refractivity contribution is 0.553. The molecular weight excluding hydrogens is 428 g/mol. The highest BCUT2D eigenvalue weighted by molar-refractivity contribution is 7.57. The molecule has 0 unspecified atom stereocenters. The molecule has 0 saturated carbocycles. The van der Waals surface area contributed by atoms with Gasteiger partial charge in [-0.05, 0) is 12.8 Å². The van der Waals surface area contributed by atoms with E-state index in [1.165, 1.54) is 0 Å². The Bertz CT molecular complexity index is 471. The van der Waals surface area contributed by atoms with Gasteiger partial charge in [0.15, 0.2) is 0 Å². The third kappa shape index (κ3) is 74.3. The summed E-state index contributed by atoms with van der Waals surface area (Å²) < 4.78 is 40.8. The van der Waals surface area contributed by atoms with Crippen LogP contribution >= 0.6 is 30.4 Å². The van der Waals surface area contributed by atoms with Gasteiger partial charge in [0.05, 0.1) is 0 Å². The quantitative estimate of drug-likeness (QED) is 0.127. The van der Waals surface area contributed by atoms with Gasteiger partial charge in [-0.1, -0.05) is 12.8 Å². The van der Waals surface area contributed by atoms with Gasteiger partial charge in [0.25, 0.3) is 30.4 Å². The zero-order valence-electron chi connectivity index (χ0n) is 14.4. The van der Waals surface area contributed by atoms with Crippen molar-refractivity contribution in [2.75, 3.05) is 13.1 Å². The molecule has 20 heteroatoms. The van der Waals surface area contributed by atoms with Gasteiger partial charge in [0.1, 0.15) is 0 Å². The average molecular weight is 462 g/mol. The van der Waals surface area contributed by atoms with E-state index in [9.17, 15) is 18.3 Å². The fraction of sp³-hybridized carbons (Fsp3) is 1.00. The summed E-state index contributed by atoms with van der Waals surface area (Å²) in [6, 6.07) is 0. The van der Waals surface area contributed by atoms with Crippen LogP contribution in [0.1, 0.15) is 25.7 Å². The number of unbranched alkanes of at least 4 members (excludes halogenated alkanes) is 3. The second kappa shape index (κ2) is 14.4. The molecule has 0 amide bonds. The Hall–Kier alpha value is 0.440. The summed E-state index contributed by atoms with van der Waals surface area (Å²) in [7, 11) is -12.4. The zero-order valence-corrected chi connectivity index (χ0v) is 18.0. The molecule has 16 nitrogen and oxygen atoms in total. The molecule has 0 atom stereocenters. The first-order valence-corrected chi connectivity index (χ1v) is 14.5. The van der Waals surface area contributed by atoms with Crippen molar-refractivity contribution in [1.29, 1.82) is 0 Å². The molecule has 0 aromatic heterocycles. The molecular formula is C6H34N12O4P4. The van der Waals surface area contributed by atoms with E-state index in [-0.39, 0.29) is 0 Å². The monoisotopic (exact) mass is 462 g/mol. The summed E-state index contributed by atoms with van der Waals surface area (Å²) in [5, 5.41) is 5.10. The van der Waals surface area contributed by atoms with E-state index < -0.39 is 30.4 Å². The summed E-state index contributed by atoms with van der Waals surface area (Å²) in [5.74, 6) is 0. The molecule has 22 N–H and O–H groups in total. The van der Waals surface area contributed by atoms with Crippen LogP contribution in [0.5, 0.6) is 0 Å². The normalized spacial score (nSPS) is 12.5. The Morgan fingerprint density at radius 3 is 0.808 bits per heavy atom. The minimum absolute atomic E-state index is 0.532. The van der Waals surface area contributed by atoms with E-state index in [0.29, 0.717) is 13.1 Å². The number of nitrogens with two attached hydrogens (primary N) is 10. The highest BCUT2D eigenvalue weighted by atomic mass is 31.2. The van der Waals surface area contributed by atoms with Crippen molar-refractivity contribution in [3.8, 4) is 0 Å². The Kier molecular flexibility index (Phi) is 17.3. The minimum Gasteiger partial charge on any atom is -0.272 e. The van der Waals surface area contributed by atoms with Crippen molar-refractivity contribution in [3.63, 3.8) is 0 Å². The fourth-order valence-corrected chi connectivity index (χ4v) is 2.13. The maximum Gasteiger partial charge on any atom is 0.273 e. The lowest BCUT2D eigenvalue weighted by atomic mass is 10.2. The summed E-state index contributed by atoms with van der Waals surface area (Å²) in [4.78, 5) is 0. The van der Waals surface area contributed by atoms with E-state index >= 15 is 0 Å². The Labute approximate surface area is 153 Å². The Balaban J connectivity index is -0.000000433.